The number of likely N-dealkylation sites (N-methyl/N-ethyl adjacent to an activating group) is 1. The lowest BCUT2D eigenvalue weighted by Gasteiger charge is -2.35. The Morgan fingerprint density at radius 3 is 2.24 bits per heavy atom. The fourth-order valence-electron chi connectivity index (χ4n) is 3.01. The molecule has 21 heavy (non-hydrogen) atoms. The second kappa shape index (κ2) is 6.18. The molecule has 0 radical (unpaired) electrons. The summed E-state index contributed by atoms with van der Waals surface area (Å²) in [4.78, 5) is 14.3. The largest absolute Gasteiger partial charge is 0.391 e. The Bertz CT molecular complexity index is 487. The van der Waals surface area contributed by atoms with Gasteiger partial charge in [-0.1, -0.05) is 45.7 Å². The van der Waals surface area contributed by atoms with Crippen LogP contribution >= 0.6 is 0 Å². The van der Waals surface area contributed by atoms with Crippen LogP contribution in [0.5, 0.6) is 0 Å². The molecule has 0 aliphatic heterocycles. The molecule has 1 N–H and O–H groups in total. The molecule has 0 spiro atoms. The lowest BCUT2D eigenvalue weighted by molar-refractivity contribution is 0.0268. The van der Waals surface area contributed by atoms with Crippen molar-refractivity contribution in [2.24, 2.45) is 0 Å². The van der Waals surface area contributed by atoms with Crippen LogP contribution in [0.1, 0.15) is 62.4 Å². The highest BCUT2D eigenvalue weighted by Crippen LogP contribution is 2.25. The van der Waals surface area contributed by atoms with Gasteiger partial charge in [-0.2, -0.15) is 0 Å². The number of hydrogen-bond donors (Lipinski definition) is 1. The molecule has 2 atom stereocenters. The predicted molar refractivity (Wildman–Crippen MR) is 85.5 cm³/mol. The summed E-state index contributed by atoms with van der Waals surface area (Å²) in [6.07, 6.45) is 3.44. The zero-order valence-electron chi connectivity index (χ0n) is 13.6. The Kier molecular flexibility index (Phi) is 4.72. The van der Waals surface area contributed by atoms with E-state index in [1.165, 1.54) is 5.56 Å². The van der Waals surface area contributed by atoms with Gasteiger partial charge in [0.2, 0.25) is 0 Å². The van der Waals surface area contributed by atoms with Gasteiger partial charge in [-0.3, -0.25) is 4.79 Å². The Morgan fingerprint density at radius 1 is 1.14 bits per heavy atom. The first kappa shape index (κ1) is 16.0. The molecule has 2 rings (SSSR count). The first-order chi connectivity index (χ1) is 9.80. The van der Waals surface area contributed by atoms with Gasteiger partial charge in [0.05, 0.1) is 12.1 Å². The molecule has 1 aliphatic carbocycles. The molecule has 1 amide bonds. The van der Waals surface area contributed by atoms with Crippen molar-refractivity contribution in [3.63, 3.8) is 0 Å². The molecular formula is C18H27NO2. The van der Waals surface area contributed by atoms with Crippen molar-refractivity contribution >= 4 is 5.91 Å². The first-order valence-electron chi connectivity index (χ1n) is 7.86. The lowest BCUT2D eigenvalue weighted by atomic mass is 9.86. The average molecular weight is 289 g/mol. The second-order valence-corrected chi connectivity index (χ2v) is 7.16. The van der Waals surface area contributed by atoms with Gasteiger partial charge in [0, 0.05) is 12.6 Å². The quantitative estimate of drug-likeness (QED) is 0.907. The molecule has 1 aromatic rings. The van der Waals surface area contributed by atoms with Gasteiger partial charge >= 0.3 is 0 Å². The minimum Gasteiger partial charge on any atom is -0.391 e. The Hall–Kier alpha value is -1.35. The zero-order chi connectivity index (χ0) is 15.6. The van der Waals surface area contributed by atoms with Crippen LogP contribution in [0.4, 0.5) is 0 Å². The highest BCUT2D eigenvalue weighted by Gasteiger charge is 2.29. The fraction of sp³-hybridized carbons (Fsp3) is 0.611. The van der Waals surface area contributed by atoms with Crippen molar-refractivity contribution in [1.82, 2.24) is 4.90 Å². The first-order valence-corrected chi connectivity index (χ1v) is 7.86. The van der Waals surface area contributed by atoms with E-state index in [1.54, 1.807) is 11.9 Å². The van der Waals surface area contributed by atoms with Crippen LogP contribution in [0, 0.1) is 0 Å². The number of rotatable bonds is 2. The summed E-state index contributed by atoms with van der Waals surface area (Å²) in [5, 5.41) is 10.1. The van der Waals surface area contributed by atoms with Crippen LogP contribution in [0.15, 0.2) is 24.3 Å². The Balaban J connectivity index is 2.12. The van der Waals surface area contributed by atoms with Gasteiger partial charge < -0.3 is 10.0 Å². The molecule has 1 fully saturated rings. The van der Waals surface area contributed by atoms with Crippen LogP contribution in [-0.2, 0) is 5.41 Å². The van der Waals surface area contributed by atoms with Gasteiger partial charge in [-0.05, 0) is 36.0 Å². The van der Waals surface area contributed by atoms with E-state index in [0.29, 0.717) is 5.56 Å². The maximum atomic E-state index is 12.6. The van der Waals surface area contributed by atoms with Gasteiger partial charge in [0.25, 0.3) is 5.91 Å². The fourth-order valence-corrected chi connectivity index (χ4v) is 3.01. The summed E-state index contributed by atoms with van der Waals surface area (Å²) in [5.41, 5.74) is 2.01. The van der Waals surface area contributed by atoms with E-state index in [-0.39, 0.29) is 23.5 Å². The van der Waals surface area contributed by atoms with Crippen molar-refractivity contribution in [3.8, 4) is 0 Å². The van der Waals surface area contributed by atoms with Gasteiger partial charge in [0.1, 0.15) is 0 Å². The highest BCUT2D eigenvalue weighted by atomic mass is 16.3. The van der Waals surface area contributed by atoms with Crippen molar-refractivity contribution in [2.45, 2.75) is 64.0 Å². The van der Waals surface area contributed by atoms with Crippen LogP contribution in [0.25, 0.3) is 0 Å². The number of aliphatic hydroxyl groups is 1. The topological polar surface area (TPSA) is 40.5 Å². The molecule has 1 saturated carbocycles. The molecule has 3 heteroatoms. The Morgan fingerprint density at radius 2 is 1.71 bits per heavy atom. The number of carbonyl (C=O) groups is 1. The minimum absolute atomic E-state index is 0.00130. The summed E-state index contributed by atoms with van der Waals surface area (Å²) >= 11 is 0. The third kappa shape index (κ3) is 3.65. The average Bonchev–Trinajstić information content (AvgIpc) is 2.45. The monoisotopic (exact) mass is 289 g/mol. The summed E-state index contributed by atoms with van der Waals surface area (Å²) in [6, 6.07) is 7.80. The van der Waals surface area contributed by atoms with E-state index in [1.807, 2.05) is 24.3 Å². The van der Waals surface area contributed by atoms with E-state index in [9.17, 15) is 9.90 Å². The van der Waals surface area contributed by atoms with E-state index in [0.717, 1.165) is 25.7 Å². The van der Waals surface area contributed by atoms with Gasteiger partial charge in [-0.25, -0.2) is 0 Å². The van der Waals surface area contributed by atoms with Gasteiger partial charge in [-0.15, -0.1) is 0 Å². The summed E-state index contributed by atoms with van der Waals surface area (Å²) in [6.45, 7) is 6.48. The van der Waals surface area contributed by atoms with Crippen molar-refractivity contribution in [3.05, 3.63) is 35.4 Å². The number of benzene rings is 1. The molecule has 1 aromatic carbocycles. The number of nitrogens with zero attached hydrogens (tertiary/aromatic N) is 1. The summed E-state index contributed by atoms with van der Waals surface area (Å²) < 4.78 is 0. The van der Waals surface area contributed by atoms with E-state index < -0.39 is 0 Å². The van der Waals surface area contributed by atoms with E-state index >= 15 is 0 Å². The van der Waals surface area contributed by atoms with Crippen LogP contribution in [0.2, 0.25) is 0 Å². The molecule has 0 heterocycles. The molecule has 0 saturated heterocycles. The lowest BCUT2D eigenvalue weighted by Crippen LogP contribution is -2.46. The SMILES string of the molecule is CN(C(=O)c1ccc(C(C)(C)C)cc1)[C@@H]1CCCC[C@@H]1O. The number of aliphatic hydroxyl groups excluding tert-OH is 1. The zero-order valence-corrected chi connectivity index (χ0v) is 13.6. The van der Waals surface area contributed by atoms with Crippen molar-refractivity contribution in [2.75, 3.05) is 7.05 Å². The molecule has 3 nitrogen and oxygen atoms in total. The normalized spacial score (nSPS) is 22.9. The number of amides is 1. The molecular weight excluding hydrogens is 262 g/mol. The number of carbonyl (C=O) groups excluding carboxylic acids is 1. The van der Waals surface area contributed by atoms with Crippen LogP contribution < -0.4 is 0 Å². The van der Waals surface area contributed by atoms with Crippen molar-refractivity contribution < 1.29 is 9.90 Å². The van der Waals surface area contributed by atoms with E-state index in [2.05, 4.69) is 20.8 Å². The van der Waals surface area contributed by atoms with Crippen molar-refractivity contribution in [1.29, 1.82) is 0 Å². The smallest absolute Gasteiger partial charge is 0.253 e. The van der Waals surface area contributed by atoms with Gasteiger partial charge in [0.15, 0.2) is 0 Å². The van der Waals surface area contributed by atoms with Crippen LogP contribution in [-0.4, -0.2) is 35.1 Å². The predicted octanol–water partition coefficient (Wildman–Crippen LogP) is 3.36. The molecule has 116 valence electrons. The maximum Gasteiger partial charge on any atom is 0.253 e. The molecule has 1 aliphatic rings. The van der Waals surface area contributed by atoms with Crippen LogP contribution in [0.3, 0.4) is 0 Å². The third-order valence-corrected chi connectivity index (χ3v) is 4.51. The third-order valence-electron chi connectivity index (χ3n) is 4.51. The summed E-state index contributed by atoms with van der Waals surface area (Å²) in [5.74, 6) is 0.00130. The summed E-state index contributed by atoms with van der Waals surface area (Å²) in [7, 11) is 1.80. The molecule has 0 bridgehead atoms. The minimum atomic E-state index is -0.387. The maximum absolute atomic E-state index is 12.6. The Labute approximate surface area is 128 Å². The highest BCUT2D eigenvalue weighted by molar-refractivity contribution is 5.94. The standard InChI is InChI=1S/C18H27NO2/c1-18(2,3)14-11-9-13(10-12-14)17(21)19(4)15-7-5-6-8-16(15)20/h9-12,15-16,20H,5-8H2,1-4H3/t15-,16+/m1/s1. The van der Waals surface area contributed by atoms with E-state index in [4.69, 9.17) is 0 Å². The molecule has 0 unspecified atom stereocenters. The number of hydrogen-bond acceptors (Lipinski definition) is 2. The second-order valence-electron chi connectivity index (χ2n) is 7.16. The molecule has 0 aromatic heterocycles.